The van der Waals surface area contributed by atoms with Crippen LogP contribution in [0.5, 0.6) is 0 Å². The van der Waals surface area contributed by atoms with E-state index in [2.05, 4.69) is 0 Å². The number of aryl methyl sites for hydroxylation is 1. The van der Waals surface area contributed by atoms with Gasteiger partial charge in [-0.05, 0) is 36.8 Å². The lowest BCUT2D eigenvalue weighted by Gasteiger charge is -2.11. The number of fused-ring (bicyclic) bond motifs is 1. The number of hydrogen-bond donors (Lipinski definition) is 2. The summed E-state index contributed by atoms with van der Waals surface area (Å²) in [6.45, 7) is 3.15. The summed E-state index contributed by atoms with van der Waals surface area (Å²) in [6.07, 6.45) is -0.729. The number of benzene rings is 2. The molecule has 0 spiro atoms. The Hall–Kier alpha value is -1.75. The summed E-state index contributed by atoms with van der Waals surface area (Å²) in [6, 6.07) is 13.1. The van der Waals surface area contributed by atoms with Crippen molar-refractivity contribution in [2.45, 2.75) is 26.1 Å². The van der Waals surface area contributed by atoms with Crippen LogP contribution in [0.3, 0.4) is 0 Å². The molecule has 0 amide bonds. The van der Waals surface area contributed by atoms with Gasteiger partial charge in [0, 0.05) is 0 Å². The highest BCUT2D eigenvalue weighted by molar-refractivity contribution is 6.42. The highest BCUT2D eigenvalue weighted by atomic mass is 35.5. The van der Waals surface area contributed by atoms with E-state index in [1.54, 1.807) is 18.2 Å². The number of halogens is 2. The Kier molecular flexibility index (Phi) is 4.48. The number of rotatable bonds is 4. The maximum Gasteiger partial charge on any atom is 0.356 e. The molecule has 0 unspecified atom stereocenters. The fraction of sp³-hybridized carbons (Fsp3) is 0.235. The summed E-state index contributed by atoms with van der Waals surface area (Å²) in [5.74, 6) is 0.618. The van der Waals surface area contributed by atoms with Crippen LogP contribution in [0.25, 0.3) is 11.0 Å². The molecule has 1 heterocycles. The maximum absolute atomic E-state index is 10.6. The monoisotopic (exact) mass is 350 g/mol. The lowest BCUT2D eigenvalue weighted by atomic mass is 10.1. The zero-order chi connectivity index (χ0) is 16.6. The summed E-state index contributed by atoms with van der Waals surface area (Å²) in [5, 5.41) is 11.5. The third-order valence-corrected chi connectivity index (χ3v) is 4.76. The Labute approximate surface area is 144 Å². The molecule has 0 radical (unpaired) electrons. The average molecular weight is 351 g/mol. The minimum absolute atomic E-state index is 0.345. The van der Waals surface area contributed by atoms with E-state index in [1.165, 1.54) is 0 Å². The molecule has 3 aromatic rings. The van der Waals surface area contributed by atoms with Gasteiger partial charge in [-0.1, -0.05) is 41.4 Å². The minimum Gasteiger partial charge on any atom is -0.385 e. The second-order valence-corrected chi connectivity index (χ2v) is 6.21. The Morgan fingerprint density at radius 3 is 2.61 bits per heavy atom. The highest BCUT2D eigenvalue weighted by Gasteiger charge is 2.22. The number of hydrogen-bond acceptors (Lipinski definition) is 2. The first-order valence-electron chi connectivity index (χ1n) is 7.42. The van der Waals surface area contributed by atoms with Crippen molar-refractivity contribution in [1.82, 2.24) is 4.57 Å². The molecule has 0 aliphatic carbocycles. The molecule has 0 bridgehead atoms. The first kappa shape index (κ1) is 16.1. The number of para-hydroxylation sites is 2. The van der Waals surface area contributed by atoms with Crippen molar-refractivity contribution >= 4 is 40.2 Å². The molecule has 120 valence electrons. The van der Waals surface area contributed by atoms with Gasteiger partial charge < -0.3 is 5.11 Å². The van der Waals surface area contributed by atoms with Gasteiger partial charge in [0.05, 0.1) is 16.6 Å². The highest BCUT2D eigenvalue weighted by Crippen LogP contribution is 2.26. The number of aliphatic hydroxyl groups is 1. The molecule has 1 aromatic heterocycles. The predicted octanol–water partition coefficient (Wildman–Crippen LogP) is 3.57. The topological polar surface area (TPSA) is 55.1 Å². The summed E-state index contributed by atoms with van der Waals surface area (Å²) in [4.78, 5) is 0. The van der Waals surface area contributed by atoms with Crippen LogP contribution in [0.15, 0.2) is 42.5 Å². The summed E-state index contributed by atoms with van der Waals surface area (Å²) in [5.41, 5.74) is 9.02. The van der Waals surface area contributed by atoms with Crippen LogP contribution in [0.4, 0.5) is 5.95 Å². The van der Waals surface area contributed by atoms with Gasteiger partial charge in [0.2, 0.25) is 0 Å². The largest absolute Gasteiger partial charge is 0.385 e. The Balaban J connectivity index is 2.01. The smallest absolute Gasteiger partial charge is 0.356 e. The molecule has 3 N–H and O–H groups in total. The van der Waals surface area contributed by atoms with Crippen molar-refractivity contribution in [2.24, 2.45) is 0 Å². The number of aliphatic hydroxyl groups excluding tert-OH is 1. The van der Waals surface area contributed by atoms with Crippen molar-refractivity contribution < 1.29 is 9.67 Å². The SMILES string of the molecule is CCn1c(N)[n+](C[C@@H](O)c2ccc(Cl)c(Cl)c2)c2ccccc21. The van der Waals surface area contributed by atoms with Gasteiger partial charge in [-0.25, -0.2) is 9.13 Å². The molecule has 0 aliphatic heterocycles. The fourth-order valence-corrected chi connectivity index (χ4v) is 3.14. The molecule has 6 heteroatoms. The van der Waals surface area contributed by atoms with Crippen LogP contribution in [0.2, 0.25) is 10.0 Å². The number of anilines is 1. The van der Waals surface area contributed by atoms with Gasteiger partial charge in [-0.3, -0.25) is 5.73 Å². The molecular weight excluding hydrogens is 333 g/mol. The number of aromatic nitrogens is 2. The third kappa shape index (κ3) is 2.90. The Morgan fingerprint density at radius 1 is 1.17 bits per heavy atom. The molecule has 2 aromatic carbocycles. The molecule has 1 atom stereocenters. The van der Waals surface area contributed by atoms with Crippen LogP contribution < -0.4 is 10.3 Å². The number of nitrogen functional groups attached to an aromatic ring is 1. The number of imidazole rings is 1. The molecular formula is C17H18Cl2N3O+. The van der Waals surface area contributed by atoms with Crippen molar-refractivity contribution in [3.63, 3.8) is 0 Å². The first-order valence-corrected chi connectivity index (χ1v) is 8.18. The Morgan fingerprint density at radius 2 is 1.91 bits per heavy atom. The van der Waals surface area contributed by atoms with E-state index in [0.717, 1.165) is 17.6 Å². The second-order valence-electron chi connectivity index (χ2n) is 5.39. The quantitative estimate of drug-likeness (QED) is 0.706. The van der Waals surface area contributed by atoms with E-state index in [1.807, 2.05) is 40.3 Å². The lowest BCUT2D eigenvalue weighted by Crippen LogP contribution is -2.39. The van der Waals surface area contributed by atoms with Gasteiger partial charge in [0.25, 0.3) is 0 Å². The van der Waals surface area contributed by atoms with Crippen molar-refractivity contribution in [3.8, 4) is 0 Å². The van der Waals surface area contributed by atoms with Crippen molar-refractivity contribution in [3.05, 3.63) is 58.1 Å². The molecule has 4 nitrogen and oxygen atoms in total. The average Bonchev–Trinajstić information content (AvgIpc) is 2.82. The molecule has 23 heavy (non-hydrogen) atoms. The molecule has 0 saturated carbocycles. The van der Waals surface area contributed by atoms with Gasteiger partial charge in [-0.2, -0.15) is 0 Å². The van der Waals surface area contributed by atoms with E-state index >= 15 is 0 Å². The van der Waals surface area contributed by atoms with Gasteiger partial charge in [0.1, 0.15) is 23.7 Å². The van der Waals surface area contributed by atoms with Crippen LogP contribution in [0.1, 0.15) is 18.6 Å². The Bertz CT molecular complexity index is 860. The molecule has 3 rings (SSSR count). The molecule has 0 saturated heterocycles. The summed E-state index contributed by atoms with van der Waals surface area (Å²) >= 11 is 12.0. The minimum atomic E-state index is -0.729. The standard InChI is InChI=1S/C17H17Cl2N3O/c1-2-21-14-5-3-4-6-15(14)22(17(21)20)10-16(23)11-7-8-12(18)13(19)9-11/h3-9,16,20,23H,2,10H2,1H3/p+1/t16-/m1/s1. The van der Waals surface area contributed by atoms with Crippen molar-refractivity contribution in [2.75, 3.05) is 5.73 Å². The zero-order valence-electron chi connectivity index (χ0n) is 12.7. The van der Waals surface area contributed by atoms with Crippen molar-refractivity contribution in [1.29, 1.82) is 0 Å². The van der Waals surface area contributed by atoms with E-state index in [9.17, 15) is 5.11 Å². The number of nitrogens with zero attached hydrogens (tertiary/aromatic N) is 2. The van der Waals surface area contributed by atoms with E-state index < -0.39 is 6.10 Å². The first-order chi connectivity index (χ1) is 11.0. The van der Waals surface area contributed by atoms with E-state index in [-0.39, 0.29) is 0 Å². The van der Waals surface area contributed by atoms with Gasteiger partial charge in [-0.15, -0.1) is 0 Å². The predicted molar refractivity (Wildman–Crippen MR) is 93.6 cm³/mol. The van der Waals surface area contributed by atoms with Crippen LogP contribution >= 0.6 is 23.2 Å². The van der Waals surface area contributed by atoms with E-state index in [4.69, 9.17) is 28.9 Å². The molecule has 0 fully saturated rings. The van der Waals surface area contributed by atoms with Gasteiger partial charge >= 0.3 is 5.95 Å². The molecule has 0 aliphatic rings. The van der Waals surface area contributed by atoms with Crippen LogP contribution in [-0.4, -0.2) is 9.67 Å². The zero-order valence-corrected chi connectivity index (χ0v) is 14.2. The summed E-state index contributed by atoms with van der Waals surface area (Å²) < 4.78 is 3.95. The second kappa shape index (κ2) is 6.40. The third-order valence-electron chi connectivity index (χ3n) is 4.02. The lowest BCUT2D eigenvalue weighted by molar-refractivity contribution is -0.666. The van der Waals surface area contributed by atoms with E-state index in [0.29, 0.717) is 28.1 Å². The fourth-order valence-electron chi connectivity index (χ4n) is 2.84. The normalized spacial score (nSPS) is 12.7. The maximum atomic E-state index is 10.6. The van der Waals surface area contributed by atoms with Crippen LogP contribution in [0, 0.1) is 0 Å². The van der Waals surface area contributed by atoms with Gasteiger partial charge in [0.15, 0.2) is 0 Å². The van der Waals surface area contributed by atoms with Crippen LogP contribution in [-0.2, 0) is 13.1 Å². The number of nitrogens with two attached hydrogens (primary N) is 1. The summed E-state index contributed by atoms with van der Waals surface area (Å²) in [7, 11) is 0.